The summed E-state index contributed by atoms with van der Waals surface area (Å²) in [5, 5.41) is 21.2. The summed E-state index contributed by atoms with van der Waals surface area (Å²) in [5.74, 6) is -1.13. The van der Waals surface area contributed by atoms with Crippen LogP contribution in [0.2, 0.25) is 0 Å². The van der Waals surface area contributed by atoms with Crippen LogP contribution >= 0.6 is 0 Å². The van der Waals surface area contributed by atoms with Crippen LogP contribution in [0.4, 0.5) is 5.69 Å². The number of hydrogen-bond donors (Lipinski definition) is 3. The van der Waals surface area contributed by atoms with Gasteiger partial charge in [0.2, 0.25) is 5.88 Å². The average molecular weight is 406 g/mol. The van der Waals surface area contributed by atoms with E-state index < -0.39 is 16.1 Å². The number of esters is 1. The van der Waals surface area contributed by atoms with Crippen molar-refractivity contribution in [2.45, 2.75) is 26.2 Å². The summed E-state index contributed by atoms with van der Waals surface area (Å²) < 4.78 is 31.6. The van der Waals surface area contributed by atoms with Crippen LogP contribution in [0, 0.1) is 5.92 Å². The zero-order valence-electron chi connectivity index (χ0n) is 15.5. The van der Waals surface area contributed by atoms with Crippen LogP contribution in [-0.4, -0.2) is 31.7 Å². The van der Waals surface area contributed by atoms with E-state index in [1.165, 1.54) is 13.2 Å². The van der Waals surface area contributed by atoms with Gasteiger partial charge in [-0.1, -0.05) is 25.1 Å². The number of rotatable bonds is 6. The number of ether oxygens (including phenoxy) is 1. The molecular formula is C19H22N2O6S. The number of anilines is 1. The Bertz CT molecular complexity index is 1050. The lowest BCUT2D eigenvalue weighted by molar-refractivity contribution is -0.145. The fourth-order valence-electron chi connectivity index (χ4n) is 3.17. The minimum Gasteiger partial charge on any atom is -0.506 e. The van der Waals surface area contributed by atoms with Gasteiger partial charge in [0.05, 0.1) is 19.2 Å². The van der Waals surface area contributed by atoms with E-state index in [9.17, 15) is 23.4 Å². The second-order valence-corrected chi connectivity index (χ2v) is 8.30. The molecular weight excluding hydrogens is 384 g/mol. The van der Waals surface area contributed by atoms with Crippen LogP contribution in [0.15, 0.2) is 42.4 Å². The highest BCUT2D eigenvalue weighted by atomic mass is 32.2. The molecule has 0 aliphatic carbocycles. The second kappa shape index (κ2) is 7.59. The summed E-state index contributed by atoms with van der Waals surface area (Å²) in [7, 11) is -2.61. The molecule has 3 rings (SSSR count). The maximum absolute atomic E-state index is 12.1. The van der Waals surface area contributed by atoms with E-state index in [2.05, 4.69) is 0 Å². The van der Waals surface area contributed by atoms with Gasteiger partial charge < -0.3 is 14.9 Å². The number of aromatic hydroxyl groups is 1. The van der Waals surface area contributed by atoms with Crippen molar-refractivity contribution in [1.82, 2.24) is 4.72 Å². The number of aliphatic hydroxyl groups excluding tert-OH is 1. The van der Waals surface area contributed by atoms with Crippen molar-refractivity contribution < 1.29 is 28.2 Å². The fraction of sp³-hybridized carbons (Fsp3) is 0.316. The summed E-state index contributed by atoms with van der Waals surface area (Å²) in [4.78, 5) is 11.5. The highest BCUT2D eigenvalue weighted by molar-refractivity contribution is 7.91. The lowest BCUT2D eigenvalue weighted by Gasteiger charge is -2.16. The smallest absolute Gasteiger partial charge is 0.330 e. The number of nitrogens with one attached hydrogen (secondary N) is 1. The normalized spacial score (nSPS) is 16.5. The van der Waals surface area contributed by atoms with E-state index in [0.29, 0.717) is 6.42 Å². The molecule has 9 heteroatoms. The van der Waals surface area contributed by atoms with Crippen LogP contribution in [0.5, 0.6) is 5.75 Å². The molecule has 1 heterocycles. The number of fused-ring (bicyclic) bond motifs is 1. The van der Waals surface area contributed by atoms with E-state index in [4.69, 9.17) is 4.74 Å². The molecule has 0 saturated heterocycles. The Labute approximate surface area is 163 Å². The van der Waals surface area contributed by atoms with Crippen molar-refractivity contribution in [3.05, 3.63) is 48.0 Å². The maximum atomic E-state index is 12.1. The van der Waals surface area contributed by atoms with E-state index in [-0.39, 0.29) is 23.3 Å². The Morgan fingerprint density at radius 3 is 2.61 bits per heavy atom. The minimum absolute atomic E-state index is 0.0421. The summed E-state index contributed by atoms with van der Waals surface area (Å²) in [6, 6.07) is 8.74. The molecule has 0 radical (unpaired) electrons. The molecule has 0 aromatic heterocycles. The van der Waals surface area contributed by atoms with Crippen LogP contribution in [0.25, 0.3) is 10.8 Å². The zero-order valence-corrected chi connectivity index (χ0v) is 16.4. The van der Waals surface area contributed by atoms with Gasteiger partial charge in [-0.05, 0) is 47.7 Å². The van der Waals surface area contributed by atoms with E-state index in [1.807, 2.05) is 29.8 Å². The van der Waals surface area contributed by atoms with Gasteiger partial charge >= 0.3 is 16.2 Å². The highest BCUT2D eigenvalue weighted by Gasteiger charge is 2.30. The third-order valence-electron chi connectivity index (χ3n) is 4.67. The number of phenols is 1. The van der Waals surface area contributed by atoms with E-state index in [0.717, 1.165) is 39.7 Å². The summed E-state index contributed by atoms with van der Waals surface area (Å²) in [5.41, 5.74) is 1.07. The van der Waals surface area contributed by atoms with Crippen molar-refractivity contribution in [3.63, 3.8) is 0 Å². The quantitative estimate of drug-likeness (QED) is 0.635. The van der Waals surface area contributed by atoms with Crippen LogP contribution < -0.4 is 9.03 Å². The lowest BCUT2D eigenvalue weighted by atomic mass is 9.99. The summed E-state index contributed by atoms with van der Waals surface area (Å²) >= 11 is 0. The molecule has 2 aromatic carbocycles. The number of phenolic OH excluding ortho intramolecular Hbond substituents is 1. The molecule has 150 valence electrons. The molecule has 28 heavy (non-hydrogen) atoms. The first-order chi connectivity index (χ1) is 13.2. The molecule has 1 aliphatic heterocycles. The number of benzene rings is 2. The standard InChI is InChI=1S/C19H22N2O6S/c1-12(19(24)27-2)4-3-5-13-6-7-14-10-17(22)16(9-15(14)8-13)21-11-18(23)20-28(21,25)26/h6-12,20,22-23H,3-5H2,1-2H3. The lowest BCUT2D eigenvalue weighted by Crippen LogP contribution is -2.29. The molecule has 1 atom stereocenters. The van der Waals surface area contributed by atoms with Crippen LogP contribution in [-0.2, 0) is 26.2 Å². The third kappa shape index (κ3) is 3.99. The second-order valence-electron chi connectivity index (χ2n) is 6.76. The number of hydrogen-bond acceptors (Lipinski definition) is 6. The van der Waals surface area contributed by atoms with Crippen LogP contribution in [0.3, 0.4) is 0 Å². The van der Waals surface area contributed by atoms with Crippen molar-refractivity contribution in [3.8, 4) is 5.75 Å². The Hall–Kier alpha value is -2.94. The van der Waals surface area contributed by atoms with Crippen molar-refractivity contribution in [2.24, 2.45) is 5.92 Å². The SMILES string of the molecule is COC(=O)C(C)CCCc1ccc2cc(O)c(N3C=C(O)NS3(=O)=O)cc2c1. The Kier molecular flexibility index (Phi) is 5.37. The van der Waals surface area contributed by atoms with E-state index >= 15 is 0 Å². The van der Waals surface area contributed by atoms with Crippen molar-refractivity contribution in [1.29, 1.82) is 0 Å². The number of methoxy groups -OCH3 is 1. The number of carbonyl (C=O) groups is 1. The molecule has 0 spiro atoms. The Morgan fingerprint density at radius 1 is 1.21 bits per heavy atom. The van der Waals surface area contributed by atoms with Crippen LogP contribution in [0.1, 0.15) is 25.3 Å². The number of aliphatic hydroxyl groups is 1. The molecule has 0 saturated carbocycles. The van der Waals surface area contributed by atoms with Gasteiger partial charge in [-0.2, -0.15) is 8.42 Å². The first-order valence-corrected chi connectivity index (χ1v) is 10.2. The number of nitrogens with zero attached hydrogens (tertiary/aromatic N) is 1. The highest BCUT2D eigenvalue weighted by Crippen LogP contribution is 2.36. The first kappa shape index (κ1) is 19.8. The topological polar surface area (TPSA) is 116 Å². The van der Waals surface area contributed by atoms with Gasteiger partial charge in [-0.3, -0.25) is 4.79 Å². The Morgan fingerprint density at radius 2 is 1.96 bits per heavy atom. The first-order valence-electron chi connectivity index (χ1n) is 8.77. The van der Waals surface area contributed by atoms with Gasteiger partial charge in [0.1, 0.15) is 11.4 Å². The Balaban J connectivity index is 1.84. The van der Waals surface area contributed by atoms with Gasteiger partial charge in [-0.15, -0.1) is 0 Å². The van der Waals surface area contributed by atoms with Crippen molar-refractivity contribution >= 4 is 32.6 Å². The zero-order chi connectivity index (χ0) is 20.5. The molecule has 2 aromatic rings. The predicted molar refractivity (Wildman–Crippen MR) is 105 cm³/mol. The molecule has 0 fully saturated rings. The monoisotopic (exact) mass is 406 g/mol. The molecule has 1 aliphatic rings. The fourth-order valence-corrected chi connectivity index (χ4v) is 4.23. The van der Waals surface area contributed by atoms with Gasteiger partial charge in [0.25, 0.3) is 0 Å². The summed E-state index contributed by atoms with van der Waals surface area (Å²) in [6.07, 6.45) is 3.24. The predicted octanol–water partition coefficient (Wildman–Crippen LogP) is 2.69. The molecule has 1 unspecified atom stereocenters. The largest absolute Gasteiger partial charge is 0.506 e. The maximum Gasteiger partial charge on any atom is 0.330 e. The minimum atomic E-state index is -3.99. The van der Waals surface area contributed by atoms with Crippen molar-refractivity contribution in [2.75, 3.05) is 11.4 Å². The molecule has 0 bridgehead atoms. The average Bonchev–Trinajstić information content (AvgIpc) is 2.92. The van der Waals surface area contributed by atoms with E-state index in [1.54, 1.807) is 6.07 Å². The molecule has 8 nitrogen and oxygen atoms in total. The van der Waals surface area contributed by atoms with Gasteiger partial charge in [0.15, 0.2) is 0 Å². The van der Waals surface area contributed by atoms with Gasteiger partial charge in [-0.25, -0.2) is 9.03 Å². The molecule has 3 N–H and O–H groups in total. The summed E-state index contributed by atoms with van der Waals surface area (Å²) in [6.45, 7) is 1.83. The molecule has 0 amide bonds. The number of carbonyl (C=O) groups excluding carboxylic acids is 1. The number of aryl methyl sites for hydroxylation is 1. The van der Waals surface area contributed by atoms with Gasteiger partial charge in [0, 0.05) is 0 Å². The third-order valence-corrected chi connectivity index (χ3v) is 5.96.